The van der Waals surface area contributed by atoms with Crippen LogP contribution < -0.4 is 5.32 Å². The van der Waals surface area contributed by atoms with E-state index in [1.165, 1.54) is 3.78 Å². The zero-order chi connectivity index (χ0) is 30.1. The number of nitrogens with one attached hydrogen (secondary N) is 1. The number of hydrogen-bond donors (Lipinski definition) is 1. The molecule has 40 heavy (non-hydrogen) atoms. The van der Waals surface area contributed by atoms with E-state index in [2.05, 4.69) is 87.4 Å². The standard InChI is InChI=1S/C28H52NO5Si2.3CH3.Sn/c1-10-36(11-2,12-3)34-24-19-28(33-26(24)23-17-20(4)13-14-31-23)22(6)18-21(5)25(29-28)27(30)32-15-16-35(7,8)9;;;;/h13,20-26,29H,10-12,15-19H2,1-9H3;3*1H3;/t20-,21-,22+,23-,24-,25?,26-,28+;;;;/m1..../s1. The van der Waals surface area contributed by atoms with Crippen molar-refractivity contribution in [1.29, 1.82) is 0 Å². The molecule has 0 aromatic heterocycles. The fourth-order valence-electron chi connectivity index (χ4n) is 6.78. The second-order valence-electron chi connectivity index (χ2n) is 15.4. The molecule has 1 N–H and O–H groups in total. The maximum absolute atomic E-state index is 13.4. The van der Waals surface area contributed by atoms with Crippen LogP contribution in [0.25, 0.3) is 0 Å². The summed E-state index contributed by atoms with van der Waals surface area (Å²) in [5.41, 5.74) is -0.612. The molecule has 2 saturated heterocycles. The fourth-order valence-corrected chi connectivity index (χ4v) is 14.0. The molecule has 0 saturated carbocycles. The molecule has 3 rings (SSSR count). The number of carbonyl (C=O) groups is 1. The van der Waals surface area contributed by atoms with E-state index in [0.29, 0.717) is 12.5 Å². The molecule has 1 spiro atoms. The van der Waals surface area contributed by atoms with Gasteiger partial charge in [0.15, 0.2) is 0 Å². The van der Waals surface area contributed by atoms with E-state index in [9.17, 15) is 4.79 Å². The van der Waals surface area contributed by atoms with Crippen LogP contribution in [0.3, 0.4) is 0 Å². The first-order valence-electron chi connectivity index (χ1n) is 16.2. The Balaban J connectivity index is 1.90. The van der Waals surface area contributed by atoms with E-state index >= 15 is 0 Å². The van der Waals surface area contributed by atoms with Crippen LogP contribution >= 0.6 is 0 Å². The monoisotopic (exact) mass is 703 g/mol. The molecule has 3 heterocycles. The van der Waals surface area contributed by atoms with Gasteiger partial charge in [0.2, 0.25) is 0 Å². The molecule has 6 nitrogen and oxygen atoms in total. The first-order chi connectivity index (χ1) is 18.5. The second kappa shape index (κ2) is 13.4. The number of hydrogen-bond acceptors (Lipinski definition) is 6. The van der Waals surface area contributed by atoms with Crippen molar-refractivity contribution in [3.05, 3.63) is 9.85 Å². The van der Waals surface area contributed by atoms with Gasteiger partial charge >= 0.3 is 226 Å². The molecule has 9 heteroatoms. The number of ether oxygens (including phenoxy) is 3. The SMILES string of the molecule is CC[Si](CC)(CC)O[C@@H]1C[C@]2(NC(C(=O)OCC[Si](C)(C)C)[C@H](C)C[C@@H]2C)O[C@@H]1[C@H]1C[C@H](C)C=[C]([Sn]([CH3])([CH3])[CH3])O1. The molecule has 3 aliphatic heterocycles. The number of carbonyl (C=O) groups excluding carboxylic acids is 1. The predicted molar refractivity (Wildman–Crippen MR) is 173 cm³/mol. The van der Waals surface area contributed by atoms with Gasteiger partial charge in [0.05, 0.1) is 0 Å². The van der Waals surface area contributed by atoms with Crippen molar-refractivity contribution in [2.45, 2.75) is 150 Å². The number of piperidine rings is 1. The third kappa shape index (κ3) is 8.18. The van der Waals surface area contributed by atoms with Gasteiger partial charge in [-0.15, -0.1) is 0 Å². The maximum atomic E-state index is 13.4. The molecule has 232 valence electrons. The van der Waals surface area contributed by atoms with Gasteiger partial charge in [-0.2, -0.15) is 0 Å². The third-order valence-electron chi connectivity index (χ3n) is 9.82. The van der Waals surface area contributed by atoms with Gasteiger partial charge in [-0.05, 0) is 0 Å². The first kappa shape index (κ1) is 34.6. The Morgan fingerprint density at radius 1 is 1.07 bits per heavy atom. The molecule has 0 radical (unpaired) electrons. The molecule has 0 aromatic carbocycles. The van der Waals surface area contributed by atoms with E-state index in [4.69, 9.17) is 18.6 Å². The summed E-state index contributed by atoms with van der Waals surface area (Å²) in [6.07, 6.45) is 4.79. The molecule has 2 fully saturated rings. The van der Waals surface area contributed by atoms with Crippen LogP contribution in [0.5, 0.6) is 0 Å². The number of allylic oxidation sites excluding steroid dienone is 1. The minimum atomic E-state index is -2.43. The number of esters is 1. The predicted octanol–water partition coefficient (Wildman–Crippen LogP) is 7.56. The summed E-state index contributed by atoms with van der Waals surface area (Å²) in [7, 11) is -3.18. The molecular weight excluding hydrogens is 641 g/mol. The van der Waals surface area contributed by atoms with Gasteiger partial charge in [-0.1, -0.05) is 19.6 Å². The molecular formula is C31H61NO5Si2Sn. The Morgan fingerprint density at radius 3 is 2.25 bits per heavy atom. The van der Waals surface area contributed by atoms with Crippen LogP contribution in [0.2, 0.25) is 58.6 Å². The topological polar surface area (TPSA) is 66.0 Å². The summed E-state index contributed by atoms with van der Waals surface area (Å²) in [5, 5.41) is 3.76. The Labute approximate surface area is 252 Å². The average molecular weight is 703 g/mol. The van der Waals surface area contributed by atoms with E-state index in [-0.39, 0.29) is 42.2 Å². The van der Waals surface area contributed by atoms with Crippen LogP contribution in [0.15, 0.2) is 9.85 Å². The average Bonchev–Trinajstić information content (AvgIpc) is 3.22. The summed E-state index contributed by atoms with van der Waals surface area (Å²) in [4.78, 5) is 20.7. The molecule has 3 aliphatic rings. The van der Waals surface area contributed by atoms with Gasteiger partial charge in [-0.25, -0.2) is 0 Å². The summed E-state index contributed by atoms with van der Waals surface area (Å²) in [6, 6.07) is 3.93. The van der Waals surface area contributed by atoms with Gasteiger partial charge in [0.1, 0.15) is 0 Å². The Morgan fingerprint density at radius 2 is 1.70 bits per heavy atom. The van der Waals surface area contributed by atoms with E-state index < -0.39 is 40.5 Å². The van der Waals surface area contributed by atoms with Gasteiger partial charge in [0, 0.05) is 8.07 Å². The molecule has 0 aliphatic carbocycles. The van der Waals surface area contributed by atoms with E-state index in [1.54, 1.807) is 0 Å². The van der Waals surface area contributed by atoms with Crippen LogP contribution in [0, 0.1) is 17.8 Å². The number of rotatable bonds is 11. The molecule has 1 unspecified atom stereocenters. The van der Waals surface area contributed by atoms with Crippen molar-refractivity contribution in [1.82, 2.24) is 5.32 Å². The van der Waals surface area contributed by atoms with Gasteiger partial charge < -0.3 is 0 Å². The molecule has 0 bridgehead atoms. The van der Waals surface area contributed by atoms with Crippen molar-refractivity contribution >= 4 is 40.7 Å². The van der Waals surface area contributed by atoms with E-state index in [1.807, 2.05) is 0 Å². The second-order valence-corrected chi connectivity index (χ2v) is 40.0. The molecule has 0 amide bonds. The van der Waals surface area contributed by atoms with Crippen molar-refractivity contribution in [2.75, 3.05) is 6.61 Å². The van der Waals surface area contributed by atoms with Crippen LogP contribution in [-0.4, -0.2) is 77.4 Å². The van der Waals surface area contributed by atoms with Crippen molar-refractivity contribution in [3.63, 3.8) is 0 Å². The summed E-state index contributed by atoms with van der Waals surface area (Å²) < 4.78 is 28.4. The quantitative estimate of drug-likeness (QED) is 0.177. The van der Waals surface area contributed by atoms with Crippen molar-refractivity contribution in [3.8, 4) is 0 Å². The molecule has 0 aromatic rings. The summed E-state index contributed by atoms with van der Waals surface area (Å²) in [5.74, 6) is 0.772. The Hall–Kier alpha value is 0.122. The van der Waals surface area contributed by atoms with Crippen molar-refractivity contribution < 1.29 is 23.4 Å². The normalized spacial score (nSPS) is 35.4. The Bertz CT molecular complexity index is 891. The summed E-state index contributed by atoms with van der Waals surface area (Å²) in [6.45, 7) is 21.1. The molecule has 8 atom stereocenters. The van der Waals surface area contributed by atoms with Crippen LogP contribution in [0.1, 0.15) is 60.8 Å². The van der Waals surface area contributed by atoms with Crippen LogP contribution in [0.4, 0.5) is 0 Å². The van der Waals surface area contributed by atoms with E-state index in [0.717, 1.165) is 43.4 Å². The van der Waals surface area contributed by atoms with Crippen molar-refractivity contribution in [2.24, 2.45) is 17.8 Å². The third-order valence-corrected chi connectivity index (χ3v) is 21.2. The van der Waals surface area contributed by atoms with Crippen LogP contribution in [-0.2, 0) is 23.4 Å². The Kier molecular flexibility index (Phi) is 11.6. The first-order valence-corrected chi connectivity index (χ1v) is 32.4. The van der Waals surface area contributed by atoms with Gasteiger partial charge in [0.25, 0.3) is 0 Å². The zero-order valence-electron chi connectivity index (χ0n) is 27.8. The zero-order valence-corrected chi connectivity index (χ0v) is 32.7. The summed E-state index contributed by atoms with van der Waals surface area (Å²) >= 11 is -2.43. The fraction of sp³-hybridized carbons (Fsp3) is 0.903. The van der Waals surface area contributed by atoms with Gasteiger partial charge in [-0.3, -0.25) is 0 Å². The minimum absolute atomic E-state index is 0.0249.